The third kappa shape index (κ3) is 3.17. The fraction of sp³-hybridized carbons (Fsp3) is 0.160. The number of rotatable bonds is 3. The third-order valence-electron chi connectivity index (χ3n) is 5.67. The van der Waals surface area contributed by atoms with E-state index in [-0.39, 0.29) is 17.5 Å². The Hall–Kier alpha value is -3.53. The van der Waals surface area contributed by atoms with Gasteiger partial charge in [0.25, 0.3) is 0 Å². The smallest absolute Gasteiger partial charge is 0.188 e. The highest BCUT2D eigenvalue weighted by atomic mass is 16.1. The Kier molecular flexibility index (Phi) is 4.32. The van der Waals surface area contributed by atoms with Crippen molar-refractivity contribution < 1.29 is 9.59 Å². The number of carbonyl (C=O) groups excluding carboxylic acids is 2. The van der Waals surface area contributed by atoms with Crippen molar-refractivity contribution in [1.82, 2.24) is 4.98 Å². The maximum absolute atomic E-state index is 13.1. The summed E-state index contributed by atoms with van der Waals surface area (Å²) in [5.74, 6) is -0.0404. The van der Waals surface area contributed by atoms with E-state index in [1.54, 1.807) is 18.2 Å². The zero-order valence-electron chi connectivity index (χ0n) is 15.9. The van der Waals surface area contributed by atoms with Crippen molar-refractivity contribution in [3.63, 3.8) is 0 Å². The summed E-state index contributed by atoms with van der Waals surface area (Å²) in [5.41, 5.74) is 5.04. The Balaban J connectivity index is 1.50. The van der Waals surface area contributed by atoms with Gasteiger partial charge in [0, 0.05) is 27.7 Å². The van der Waals surface area contributed by atoms with E-state index >= 15 is 0 Å². The van der Waals surface area contributed by atoms with Crippen molar-refractivity contribution in [2.45, 2.75) is 19.4 Å². The maximum Gasteiger partial charge on any atom is 0.188 e. The lowest BCUT2D eigenvalue weighted by molar-refractivity contribution is 0.0945. The van der Waals surface area contributed by atoms with Gasteiger partial charge in [0.2, 0.25) is 0 Å². The second-order valence-corrected chi connectivity index (χ2v) is 7.48. The third-order valence-corrected chi connectivity index (χ3v) is 5.67. The normalized spacial score (nSPS) is 18.4. The van der Waals surface area contributed by atoms with E-state index in [9.17, 15) is 9.59 Å². The molecular formula is C25H20N2O2. The summed E-state index contributed by atoms with van der Waals surface area (Å²) in [5, 5.41) is 0.995. The number of ketones is 2. The largest absolute Gasteiger partial charge is 0.352 e. The number of H-pyrrole nitrogens is 1. The van der Waals surface area contributed by atoms with E-state index in [0.717, 1.165) is 40.6 Å². The summed E-state index contributed by atoms with van der Waals surface area (Å²) >= 11 is 0. The van der Waals surface area contributed by atoms with Crippen molar-refractivity contribution in [2.75, 3.05) is 0 Å². The van der Waals surface area contributed by atoms with Crippen LogP contribution in [0.1, 0.15) is 44.8 Å². The van der Waals surface area contributed by atoms with Gasteiger partial charge in [-0.3, -0.25) is 14.6 Å². The van der Waals surface area contributed by atoms with Crippen LogP contribution in [0.5, 0.6) is 0 Å². The molecule has 4 heteroatoms. The molecule has 0 spiro atoms. The first kappa shape index (κ1) is 17.6. The van der Waals surface area contributed by atoms with Crippen molar-refractivity contribution in [3.05, 3.63) is 89.1 Å². The van der Waals surface area contributed by atoms with Gasteiger partial charge in [0.1, 0.15) is 0 Å². The van der Waals surface area contributed by atoms with Crippen LogP contribution in [-0.2, 0) is 6.54 Å². The first-order valence-electron chi connectivity index (χ1n) is 9.88. The minimum absolute atomic E-state index is 0.0314. The van der Waals surface area contributed by atoms with Crippen molar-refractivity contribution in [3.8, 4) is 0 Å². The highest BCUT2D eigenvalue weighted by molar-refractivity contribution is 6.18. The van der Waals surface area contributed by atoms with Gasteiger partial charge in [-0.05, 0) is 42.7 Å². The molecule has 0 bridgehead atoms. The summed E-state index contributed by atoms with van der Waals surface area (Å²) in [6.07, 6.45) is 9.22. The van der Waals surface area contributed by atoms with E-state index in [0.29, 0.717) is 17.8 Å². The van der Waals surface area contributed by atoms with Crippen molar-refractivity contribution >= 4 is 34.3 Å². The summed E-state index contributed by atoms with van der Waals surface area (Å²) in [6, 6.07) is 15.2. The molecule has 0 saturated heterocycles. The lowest BCUT2D eigenvalue weighted by Crippen LogP contribution is -2.24. The maximum atomic E-state index is 13.1. The molecule has 0 fully saturated rings. The van der Waals surface area contributed by atoms with E-state index in [4.69, 9.17) is 4.99 Å². The molecule has 1 unspecified atom stereocenters. The minimum Gasteiger partial charge on any atom is -0.352 e. The highest BCUT2D eigenvalue weighted by Crippen LogP contribution is 2.32. The number of allylic oxidation sites excluding steroid dienone is 3. The minimum atomic E-state index is -0.142. The number of aliphatic imine (C=N–C) groups is 1. The molecule has 0 amide bonds. The van der Waals surface area contributed by atoms with Gasteiger partial charge in [-0.1, -0.05) is 48.6 Å². The van der Waals surface area contributed by atoms with Crippen LogP contribution in [0.25, 0.3) is 17.0 Å². The van der Waals surface area contributed by atoms with E-state index in [1.165, 1.54) is 0 Å². The van der Waals surface area contributed by atoms with Gasteiger partial charge in [-0.25, -0.2) is 0 Å². The molecule has 29 heavy (non-hydrogen) atoms. The Morgan fingerprint density at radius 3 is 2.86 bits per heavy atom. The first-order valence-corrected chi connectivity index (χ1v) is 9.88. The molecule has 1 aliphatic heterocycles. The monoisotopic (exact) mass is 380 g/mol. The number of hydrogen-bond acceptors (Lipinski definition) is 3. The van der Waals surface area contributed by atoms with Crippen molar-refractivity contribution in [1.29, 1.82) is 0 Å². The number of aromatic amines is 1. The second-order valence-electron chi connectivity index (χ2n) is 7.48. The van der Waals surface area contributed by atoms with Gasteiger partial charge in [-0.2, -0.15) is 0 Å². The molecule has 0 saturated carbocycles. The topological polar surface area (TPSA) is 62.3 Å². The zero-order valence-corrected chi connectivity index (χ0v) is 15.9. The number of benzene rings is 2. The van der Waals surface area contributed by atoms with Crippen LogP contribution in [0, 0.1) is 5.92 Å². The molecule has 2 aromatic carbocycles. The van der Waals surface area contributed by atoms with E-state index in [1.807, 2.05) is 48.6 Å². The molecule has 2 aliphatic rings. The Bertz CT molecular complexity index is 1210. The standard InChI is InChI=1S/C25H20N2O2/c28-23(17-6-2-1-3-7-17)13-11-16-10-12-22-19(14-16)20-15-26-21-9-5-4-8-18(21)25(29)24(20)27-22/h1-3,5-7,9-14,18,27H,4,8,15H2. The first-order chi connectivity index (χ1) is 14.2. The molecule has 2 heterocycles. The lowest BCUT2D eigenvalue weighted by Gasteiger charge is -2.16. The summed E-state index contributed by atoms with van der Waals surface area (Å²) < 4.78 is 0. The van der Waals surface area contributed by atoms with E-state index < -0.39 is 0 Å². The molecule has 1 aromatic heterocycles. The summed E-state index contributed by atoms with van der Waals surface area (Å²) in [7, 11) is 0. The molecule has 142 valence electrons. The number of carbonyl (C=O) groups is 2. The van der Waals surface area contributed by atoms with Crippen LogP contribution in [0.2, 0.25) is 0 Å². The Morgan fingerprint density at radius 2 is 2.00 bits per heavy atom. The number of nitrogens with zero attached hydrogens (tertiary/aromatic N) is 1. The van der Waals surface area contributed by atoms with Gasteiger partial charge in [0.15, 0.2) is 11.6 Å². The fourth-order valence-electron chi connectivity index (χ4n) is 4.12. The Morgan fingerprint density at radius 1 is 1.14 bits per heavy atom. The lowest BCUT2D eigenvalue weighted by atomic mass is 9.87. The second kappa shape index (κ2) is 7.13. The van der Waals surface area contributed by atoms with Gasteiger partial charge in [-0.15, -0.1) is 0 Å². The van der Waals surface area contributed by atoms with E-state index in [2.05, 4.69) is 11.1 Å². The number of hydrogen-bond donors (Lipinski definition) is 1. The predicted molar refractivity (Wildman–Crippen MR) is 115 cm³/mol. The number of aromatic nitrogens is 1. The van der Waals surface area contributed by atoms with Crippen LogP contribution in [-0.4, -0.2) is 22.3 Å². The molecule has 1 atom stereocenters. The van der Waals surface area contributed by atoms with Gasteiger partial charge >= 0.3 is 0 Å². The molecule has 5 rings (SSSR count). The molecule has 0 radical (unpaired) electrons. The SMILES string of the molecule is O=C(C=Cc1ccc2[nH]c3c(c2c1)CN=C1C=CCCC1C3=O)c1ccccc1. The quantitative estimate of drug-likeness (QED) is 0.503. The van der Waals surface area contributed by atoms with Crippen LogP contribution >= 0.6 is 0 Å². The number of nitrogens with one attached hydrogen (secondary N) is 1. The fourth-order valence-corrected chi connectivity index (χ4v) is 4.12. The molecule has 1 N–H and O–H groups in total. The average molecular weight is 380 g/mol. The summed E-state index contributed by atoms with van der Waals surface area (Å²) in [6.45, 7) is 0.493. The van der Waals surface area contributed by atoms with Crippen LogP contribution < -0.4 is 0 Å². The number of Topliss-reactive ketones (excluding diaryl/α,β-unsaturated/α-hetero) is 1. The highest BCUT2D eigenvalue weighted by Gasteiger charge is 2.31. The predicted octanol–water partition coefficient (Wildman–Crippen LogP) is 5.17. The summed E-state index contributed by atoms with van der Waals surface area (Å²) in [4.78, 5) is 33.5. The van der Waals surface area contributed by atoms with Crippen LogP contribution in [0.3, 0.4) is 0 Å². The van der Waals surface area contributed by atoms with Crippen LogP contribution in [0.4, 0.5) is 0 Å². The molecular weight excluding hydrogens is 360 g/mol. The van der Waals surface area contributed by atoms with Gasteiger partial charge in [0.05, 0.1) is 18.2 Å². The van der Waals surface area contributed by atoms with Crippen molar-refractivity contribution in [2.24, 2.45) is 10.9 Å². The molecule has 4 nitrogen and oxygen atoms in total. The van der Waals surface area contributed by atoms with Crippen LogP contribution in [0.15, 0.2) is 71.8 Å². The van der Waals surface area contributed by atoms with Gasteiger partial charge < -0.3 is 4.98 Å². The molecule has 1 aliphatic carbocycles. The average Bonchev–Trinajstić information content (AvgIpc) is 3.07. The Labute approximate surface area is 168 Å². The zero-order chi connectivity index (χ0) is 19.8. The molecule has 3 aromatic rings. The number of fused-ring (bicyclic) bond motifs is 4.